The molecule has 28 heavy (non-hydrogen) atoms. The number of benzene rings is 1. The smallest absolute Gasteiger partial charge is 0.257 e. The molecule has 1 aliphatic rings. The van der Waals surface area contributed by atoms with Crippen LogP contribution in [-0.2, 0) is 9.47 Å². The molecule has 8 heteroatoms. The van der Waals surface area contributed by atoms with Gasteiger partial charge in [0.1, 0.15) is 29.8 Å². The number of carbonyl (C=O) groups is 1. The minimum absolute atomic E-state index is 0.0144. The molecule has 0 aromatic heterocycles. The van der Waals surface area contributed by atoms with Crippen LogP contribution in [0.4, 0.5) is 5.69 Å². The molecule has 0 radical (unpaired) electrons. The van der Waals surface area contributed by atoms with E-state index in [0.717, 1.165) is 19.4 Å². The number of carbonyl (C=O) groups excluding carboxylic acids is 1. The minimum atomic E-state index is -0.275. The number of likely N-dealkylation sites (N-methyl/N-ethyl adjacent to an activating group) is 1. The first-order valence-electron chi connectivity index (χ1n) is 9.51. The third kappa shape index (κ3) is 6.78. The second kappa shape index (κ2) is 11.6. The predicted molar refractivity (Wildman–Crippen MR) is 108 cm³/mol. The van der Waals surface area contributed by atoms with Gasteiger partial charge in [0.05, 0.1) is 32.1 Å². The zero-order valence-electron chi connectivity index (χ0n) is 17.0. The molecule has 1 N–H and O–H groups in total. The molecule has 0 aliphatic carbocycles. The maximum Gasteiger partial charge on any atom is 0.257 e. The quantitative estimate of drug-likeness (QED) is 0.457. The summed E-state index contributed by atoms with van der Waals surface area (Å²) in [5, 5.41) is 2.63. The molecule has 1 fully saturated rings. The van der Waals surface area contributed by atoms with Gasteiger partial charge in [-0.1, -0.05) is 0 Å². The average molecular weight is 393 g/mol. The van der Waals surface area contributed by atoms with Crippen molar-refractivity contribution in [1.29, 1.82) is 0 Å². The second-order valence-corrected chi connectivity index (χ2v) is 6.75. The first kappa shape index (κ1) is 22.1. The molecule has 0 unspecified atom stereocenters. The first-order chi connectivity index (χ1) is 13.5. The van der Waals surface area contributed by atoms with Crippen LogP contribution in [0.1, 0.15) is 23.2 Å². The van der Waals surface area contributed by atoms with Gasteiger partial charge >= 0.3 is 0 Å². The largest absolute Gasteiger partial charge is 0.491 e. The van der Waals surface area contributed by atoms with Crippen LogP contribution in [0.3, 0.4) is 0 Å². The summed E-state index contributed by atoms with van der Waals surface area (Å²) >= 11 is 0. The molecule has 8 nitrogen and oxygen atoms in total. The molecule has 1 heterocycles. The Balaban J connectivity index is 2.09. The van der Waals surface area contributed by atoms with Gasteiger partial charge in [-0.25, -0.2) is 0 Å². The van der Waals surface area contributed by atoms with Crippen molar-refractivity contribution in [3.63, 3.8) is 0 Å². The van der Waals surface area contributed by atoms with E-state index in [2.05, 4.69) is 21.9 Å². The monoisotopic (exact) mass is 393 g/mol. The molecule has 0 bridgehead atoms. The number of ether oxygens (including phenoxy) is 4. The van der Waals surface area contributed by atoms with Crippen molar-refractivity contribution in [3.05, 3.63) is 17.7 Å². The van der Waals surface area contributed by atoms with Gasteiger partial charge in [-0.3, -0.25) is 9.79 Å². The molecular formula is C20H31N3O5. The summed E-state index contributed by atoms with van der Waals surface area (Å²) < 4.78 is 22.8. The third-order valence-corrected chi connectivity index (χ3v) is 4.32. The number of nitrogens with zero attached hydrogens (tertiary/aromatic N) is 2. The topological polar surface area (TPSA) is 81.6 Å². The van der Waals surface area contributed by atoms with E-state index in [-0.39, 0.29) is 12.0 Å². The number of nitrogens with one attached hydrogen (secondary N) is 1. The molecule has 1 amide bonds. The van der Waals surface area contributed by atoms with E-state index in [4.69, 9.17) is 18.9 Å². The van der Waals surface area contributed by atoms with Gasteiger partial charge in [-0.15, -0.1) is 0 Å². The summed E-state index contributed by atoms with van der Waals surface area (Å²) in [5.74, 6) is 0.732. The van der Waals surface area contributed by atoms with Crippen molar-refractivity contribution in [2.75, 3.05) is 60.7 Å². The predicted octanol–water partition coefficient (Wildman–Crippen LogP) is 1.89. The summed E-state index contributed by atoms with van der Waals surface area (Å²) in [7, 11) is 5.57. The Morgan fingerprint density at radius 2 is 2.04 bits per heavy atom. The van der Waals surface area contributed by atoms with Gasteiger partial charge < -0.3 is 29.2 Å². The Labute approximate surface area is 166 Å². The zero-order valence-corrected chi connectivity index (χ0v) is 17.0. The number of rotatable bonds is 11. The SMILES string of the molecule is C=Nc1cc(OCCOCCN(C)C)cc(OC2CCOCC2)c1C(=O)NC. The van der Waals surface area contributed by atoms with E-state index in [1.54, 1.807) is 19.2 Å². The molecule has 0 saturated carbocycles. The lowest BCUT2D eigenvalue weighted by Gasteiger charge is -2.25. The minimum Gasteiger partial charge on any atom is -0.491 e. The molecular weight excluding hydrogens is 362 g/mol. The van der Waals surface area contributed by atoms with Crippen LogP contribution in [0.5, 0.6) is 11.5 Å². The standard InChI is InChI=1S/C20H31N3O5/c1-21-17-13-16(27-12-11-26-10-7-23(3)4)14-18(19(17)20(24)22-2)28-15-5-8-25-9-6-15/h13-15H,1,5-12H2,2-4H3,(H,22,24). The molecule has 2 rings (SSSR count). The van der Waals surface area contributed by atoms with E-state index in [0.29, 0.717) is 55.8 Å². The van der Waals surface area contributed by atoms with Crippen molar-refractivity contribution in [2.45, 2.75) is 18.9 Å². The van der Waals surface area contributed by atoms with Crippen molar-refractivity contribution in [2.24, 2.45) is 4.99 Å². The lowest BCUT2D eigenvalue weighted by Crippen LogP contribution is -2.27. The first-order valence-corrected chi connectivity index (χ1v) is 9.51. The Morgan fingerprint density at radius 3 is 2.68 bits per heavy atom. The summed E-state index contributed by atoms with van der Waals surface area (Å²) in [6, 6.07) is 3.42. The highest BCUT2D eigenvalue weighted by molar-refractivity contribution is 6.02. The Bertz CT molecular complexity index is 645. The number of hydrogen-bond acceptors (Lipinski definition) is 7. The van der Waals surface area contributed by atoms with Crippen molar-refractivity contribution >= 4 is 18.3 Å². The van der Waals surface area contributed by atoms with Gasteiger partial charge in [0.2, 0.25) is 0 Å². The van der Waals surface area contributed by atoms with Crippen LogP contribution in [0.25, 0.3) is 0 Å². The van der Waals surface area contributed by atoms with Crippen LogP contribution >= 0.6 is 0 Å². The molecule has 156 valence electrons. The van der Waals surface area contributed by atoms with Gasteiger partial charge in [-0.2, -0.15) is 0 Å². The second-order valence-electron chi connectivity index (χ2n) is 6.75. The number of hydrogen-bond donors (Lipinski definition) is 1. The fourth-order valence-electron chi connectivity index (χ4n) is 2.77. The molecule has 1 aliphatic heterocycles. The van der Waals surface area contributed by atoms with E-state index in [1.165, 1.54) is 0 Å². The molecule has 1 aromatic rings. The summed E-state index contributed by atoms with van der Waals surface area (Å²) in [6.45, 7) is 7.23. The third-order valence-electron chi connectivity index (χ3n) is 4.32. The van der Waals surface area contributed by atoms with Crippen LogP contribution in [0.2, 0.25) is 0 Å². The fraction of sp³-hybridized carbons (Fsp3) is 0.600. The Hall–Kier alpha value is -2.16. The van der Waals surface area contributed by atoms with E-state index < -0.39 is 0 Å². The fourth-order valence-corrected chi connectivity index (χ4v) is 2.77. The molecule has 0 atom stereocenters. The summed E-state index contributed by atoms with van der Waals surface area (Å²) in [5.41, 5.74) is 0.783. The normalized spacial score (nSPS) is 14.7. The van der Waals surface area contributed by atoms with E-state index in [1.807, 2.05) is 14.1 Å². The average Bonchev–Trinajstić information content (AvgIpc) is 2.70. The van der Waals surface area contributed by atoms with Gasteiger partial charge in [0.15, 0.2) is 0 Å². The van der Waals surface area contributed by atoms with Gasteiger partial charge in [0.25, 0.3) is 5.91 Å². The Morgan fingerprint density at radius 1 is 1.29 bits per heavy atom. The Kier molecular flexibility index (Phi) is 9.19. The van der Waals surface area contributed by atoms with Crippen LogP contribution in [-0.4, -0.2) is 84.4 Å². The lowest BCUT2D eigenvalue weighted by molar-refractivity contribution is 0.0251. The van der Waals surface area contributed by atoms with Gasteiger partial charge in [-0.05, 0) is 20.8 Å². The van der Waals surface area contributed by atoms with Crippen LogP contribution in [0, 0.1) is 0 Å². The van der Waals surface area contributed by atoms with E-state index >= 15 is 0 Å². The maximum absolute atomic E-state index is 12.4. The molecule has 0 spiro atoms. The number of amides is 1. The summed E-state index contributed by atoms with van der Waals surface area (Å²) in [4.78, 5) is 18.4. The van der Waals surface area contributed by atoms with Crippen LogP contribution < -0.4 is 14.8 Å². The highest BCUT2D eigenvalue weighted by Gasteiger charge is 2.23. The lowest BCUT2D eigenvalue weighted by atomic mass is 10.1. The van der Waals surface area contributed by atoms with E-state index in [9.17, 15) is 4.79 Å². The van der Waals surface area contributed by atoms with Gasteiger partial charge in [0, 0.05) is 38.6 Å². The maximum atomic E-state index is 12.4. The van der Waals surface area contributed by atoms with Crippen molar-refractivity contribution < 1.29 is 23.7 Å². The van der Waals surface area contributed by atoms with Crippen molar-refractivity contribution in [3.8, 4) is 11.5 Å². The highest BCUT2D eigenvalue weighted by atomic mass is 16.5. The molecule has 1 aromatic carbocycles. The summed E-state index contributed by atoms with van der Waals surface area (Å²) in [6.07, 6.45) is 1.53. The molecule has 1 saturated heterocycles. The van der Waals surface area contributed by atoms with Crippen LogP contribution in [0.15, 0.2) is 17.1 Å². The highest BCUT2D eigenvalue weighted by Crippen LogP contribution is 2.35. The zero-order chi connectivity index (χ0) is 20.4. The number of aliphatic imine (C=N–C) groups is 1. The van der Waals surface area contributed by atoms with Crippen molar-refractivity contribution in [1.82, 2.24) is 10.2 Å².